The van der Waals surface area contributed by atoms with Crippen molar-refractivity contribution in [2.45, 2.75) is 44.2 Å². The molecule has 0 aliphatic heterocycles. The van der Waals surface area contributed by atoms with E-state index in [9.17, 15) is 18.0 Å². The van der Waals surface area contributed by atoms with E-state index in [1.165, 1.54) is 31.2 Å². The van der Waals surface area contributed by atoms with Crippen LogP contribution in [0.1, 0.15) is 33.3 Å². The minimum Gasteiger partial charge on any atom is -0.452 e. The van der Waals surface area contributed by atoms with Crippen molar-refractivity contribution < 1.29 is 22.7 Å². The van der Waals surface area contributed by atoms with Crippen LogP contribution in [-0.2, 0) is 24.3 Å². The van der Waals surface area contributed by atoms with Gasteiger partial charge in [0.15, 0.2) is 6.10 Å². The standard InChI is InChI=1S/C16H21N3O5S/c1-11(15(21)19-16(2,3)4)24-14(20)10-18-25(22,23)13-7-5-12(9-17)6-8-13/h5-8,11,18H,10H2,1-4H3,(H,19,21)/t11-/m0/s1. The first-order valence-electron chi connectivity index (χ1n) is 7.46. The molecular formula is C16H21N3O5S. The summed E-state index contributed by atoms with van der Waals surface area (Å²) in [4.78, 5) is 23.5. The summed E-state index contributed by atoms with van der Waals surface area (Å²) in [6, 6.07) is 7.09. The van der Waals surface area contributed by atoms with Crippen molar-refractivity contribution in [1.82, 2.24) is 10.0 Å². The zero-order valence-corrected chi connectivity index (χ0v) is 15.3. The topological polar surface area (TPSA) is 125 Å². The summed E-state index contributed by atoms with van der Waals surface area (Å²) in [7, 11) is -3.93. The number of esters is 1. The summed E-state index contributed by atoms with van der Waals surface area (Å²) in [5, 5.41) is 11.3. The normalized spacial score (nSPS) is 12.8. The number of nitrogens with zero attached hydrogens (tertiary/aromatic N) is 1. The molecule has 1 amide bonds. The highest BCUT2D eigenvalue weighted by atomic mass is 32.2. The molecule has 1 atom stereocenters. The molecule has 0 aromatic heterocycles. The fourth-order valence-corrected chi connectivity index (χ4v) is 2.68. The van der Waals surface area contributed by atoms with E-state index in [-0.39, 0.29) is 4.90 Å². The second-order valence-electron chi connectivity index (χ2n) is 6.33. The van der Waals surface area contributed by atoms with Gasteiger partial charge in [-0.25, -0.2) is 8.42 Å². The zero-order valence-electron chi connectivity index (χ0n) is 14.5. The lowest BCUT2D eigenvalue weighted by molar-refractivity contribution is -0.154. The van der Waals surface area contributed by atoms with Crippen molar-refractivity contribution in [2.24, 2.45) is 0 Å². The monoisotopic (exact) mass is 367 g/mol. The molecule has 1 aromatic rings. The molecule has 2 N–H and O–H groups in total. The zero-order chi connectivity index (χ0) is 19.3. The quantitative estimate of drug-likeness (QED) is 0.712. The summed E-state index contributed by atoms with van der Waals surface area (Å²) in [6.07, 6.45) is -1.05. The first kappa shape index (κ1) is 20.6. The van der Waals surface area contributed by atoms with Crippen molar-refractivity contribution in [3.8, 4) is 6.07 Å². The molecule has 0 bridgehead atoms. The molecule has 0 saturated carbocycles. The number of benzene rings is 1. The predicted octanol–water partition coefficient (Wildman–Crippen LogP) is 0.683. The Hall–Kier alpha value is -2.44. The number of amides is 1. The highest BCUT2D eigenvalue weighted by molar-refractivity contribution is 7.89. The Kier molecular flexibility index (Phi) is 6.67. The SMILES string of the molecule is C[C@H](OC(=O)CNS(=O)(=O)c1ccc(C#N)cc1)C(=O)NC(C)(C)C. The molecule has 0 radical (unpaired) electrons. The van der Waals surface area contributed by atoms with Gasteiger partial charge in [-0.1, -0.05) is 0 Å². The van der Waals surface area contributed by atoms with Crippen LogP contribution in [0.15, 0.2) is 29.2 Å². The third-order valence-corrected chi connectivity index (χ3v) is 4.29. The van der Waals surface area contributed by atoms with Crippen LogP contribution in [0.2, 0.25) is 0 Å². The number of ether oxygens (including phenoxy) is 1. The molecule has 136 valence electrons. The number of hydrogen-bond acceptors (Lipinski definition) is 6. The number of rotatable bonds is 6. The molecule has 1 rings (SSSR count). The Morgan fingerprint density at radius 2 is 1.80 bits per heavy atom. The van der Waals surface area contributed by atoms with Crippen molar-refractivity contribution in [3.63, 3.8) is 0 Å². The molecule has 0 saturated heterocycles. The van der Waals surface area contributed by atoms with Gasteiger partial charge in [0, 0.05) is 5.54 Å². The molecule has 0 aliphatic carbocycles. The van der Waals surface area contributed by atoms with Crippen LogP contribution < -0.4 is 10.0 Å². The number of carbonyl (C=O) groups excluding carboxylic acids is 2. The molecule has 0 fully saturated rings. The third-order valence-electron chi connectivity index (χ3n) is 2.88. The van der Waals surface area contributed by atoms with Gasteiger partial charge in [0.1, 0.15) is 6.54 Å². The van der Waals surface area contributed by atoms with Crippen LogP contribution >= 0.6 is 0 Å². The fraction of sp³-hybridized carbons (Fsp3) is 0.438. The summed E-state index contributed by atoms with van der Waals surface area (Å²) in [6.45, 7) is 6.13. The van der Waals surface area contributed by atoms with E-state index in [4.69, 9.17) is 10.00 Å². The fourth-order valence-electron chi connectivity index (χ4n) is 1.71. The lowest BCUT2D eigenvalue weighted by Gasteiger charge is -2.23. The van der Waals surface area contributed by atoms with Crippen LogP contribution in [0.25, 0.3) is 0 Å². The number of carbonyl (C=O) groups is 2. The van der Waals surface area contributed by atoms with Crippen LogP contribution in [0, 0.1) is 11.3 Å². The second-order valence-corrected chi connectivity index (χ2v) is 8.10. The van der Waals surface area contributed by atoms with E-state index >= 15 is 0 Å². The van der Waals surface area contributed by atoms with Crippen molar-refractivity contribution in [3.05, 3.63) is 29.8 Å². The van der Waals surface area contributed by atoms with Gasteiger partial charge in [0.05, 0.1) is 16.5 Å². The van der Waals surface area contributed by atoms with E-state index < -0.39 is 40.1 Å². The van der Waals surface area contributed by atoms with E-state index in [1.807, 2.05) is 6.07 Å². The van der Waals surface area contributed by atoms with Gasteiger partial charge in [-0.3, -0.25) is 9.59 Å². The Labute approximate surface area is 147 Å². The highest BCUT2D eigenvalue weighted by Gasteiger charge is 2.23. The third kappa shape index (κ3) is 6.91. The van der Waals surface area contributed by atoms with Gasteiger partial charge in [0.25, 0.3) is 5.91 Å². The van der Waals surface area contributed by atoms with E-state index in [1.54, 1.807) is 20.8 Å². The molecule has 9 heteroatoms. The number of hydrogen-bond donors (Lipinski definition) is 2. The number of nitrogens with one attached hydrogen (secondary N) is 2. The van der Waals surface area contributed by atoms with Gasteiger partial charge in [-0.15, -0.1) is 0 Å². The predicted molar refractivity (Wildman–Crippen MR) is 89.8 cm³/mol. The van der Waals surface area contributed by atoms with Gasteiger partial charge in [0.2, 0.25) is 10.0 Å². The minimum atomic E-state index is -3.93. The summed E-state index contributed by atoms with van der Waals surface area (Å²) in [5.74, 6) is -1.36. The maximum Gasteiger partial charge on any atom is 0.321 e. The van der Waals surface area contributed by atoms with Crippen molar-refractivity contribution >= 4 is 21.9 Å². The maximum absolute atomic E-state index is 12.1. The van der Waals surface area contributed by atoms with Crippen LogP contribution in [0.5, 0.6) is 0 Å². The molecule has 8 nitrogen and oxygen atoms in total. The summed E-state index contributed by atoms with van der Waals surface area (Å²) < 4.78 is 31.1. The molecule has 1 aromatic carbocycles. The molecule has 0 spiro atoms. The van der Waals surface area contributed by atoms with Crippen LogP contribution in [-0.4, -0.2) is 38.5 Å². The smallest absolute Gasteiger partial charge is 0.321 e. The van der Waals surface area contributed by atoms with Gasteiger partial charge >= 0.3 is 5.97 Å². The Morgan fingerprint density at radius 1 is 1.24 bits per heavy atom. The second kappa shape index (κ2) is 8.09. The lowest BCUT2D eigenvalue weighted by atomic mass is 10.1. The van der Waals surface area contributed by atoms with E-state index in [2.05, 4.69) is 10.0 Å². The summed E-state index contributed by atoms with van der Waals surface area (Å²) >= 11 is 0. The van der Waals surface area contributed by atoms with E-state index in [0.29, 0.717) is 5.56 Å². The molecular weight excluding hydrogens is 346 g/mol. The highest BCUT2D eigenvalue weighted by Crippen LogP contribution is 2.09. The molecule has 0 heterocycles. The number of nitriles is 1. The number of sulfonamides is 1. The van der Waals surface area contributed by atoms with Gasteiger partial charge in [-0.2, -0.15) is 9.98 Å². The van der Waals surface area contributed by atoms with Crippen molar-refractivity contribution in [2.75, 3.05) is 6.54 Å². The molecule has 0 unspecified atom stereocenters. The van der Waals surface area contributed by atoms with Crippen LogP contribution in [0.4, 0.5) is 0 Å². The maximum atomic E-state index is 12.1. The molecule has 25 heavy (non-hydrogen) atoms. The first-order valence-corrected chi connectivity index (χ1v) is 8.94. The first-order chi connectivity index (χ1) is 11.4. The van der Waals surface area contributed by atoms with Gasteiger partial charge in [-0.05, 0) is 52.0 Å². The minimum absolute atomic E-state index is 0.0853. The Morgan fingerprint density at radius 3 is 2.28 bits per heavy atom. The van der Waals surface area contributed by atoms with Crippen molar-refractivity contribution in [1.29, 1.82) is 5.26 Å². The average molecular weight is 367 g/mol. The largest absolute Gasteiger partial charge is 0.452 e. The van der Waals surface area contributed by atoms with Gasteiger partial charge < -0.3 is 10.1 Å². The average Bonchev–Trinajstić information content (AvgIpc) is 2.51. The van der Waals surface area contributed by atoms with Crippen LogP contribution in [0.3, 0.4) is 0 Å². The Balaban J connectivity index is 2.60. The lowest BCUT2D eigenvalue weighted by Crippen LogP contribution is -2.46. The Bertz CT molecular complexity index is 773. The molecule has 0 aliphatic rings. The summed E-state index contributed by atoms with van der Waals surface area (Å²) in [5.41, 5.74) is -0.161. The van der Waals surface area contributed by atoms with E-state index in [0.717, 1.165) is 0 Å².